The number of hydrogen-bond acceptors (Lipinski definition) is 11. The maximum atomic E-state index is 12.9. The molecule has 70 heavy (non-hydrogen) atoms. The minimum absolute atomic E-state index is 0.0199. The molecule has 13 heteroatoms. The summed E-state index contributed by atoms with van der Waals surface area (Å²) in [6.07, 6.45) is 54.7. The van der Waals surface area contributed by atoms with Crippen LogP contribution in [0.3, 0.4) is 0 Å². The Hall–Kier alpha value is -2.72. The molecule has 0 aliphatic carbocycles. The van der Waals surface area contributed by atoms with E-state index < -0.39 is 59.8 Å². The SMILES string of the molecule is CC/C=C\C/C=C\C/C=C\C/C=C\C/C=C\C/C=C\C/C=C\CCCCCC(=O)OC(COCCCCCCCCCCCCCCCCCCCC)COC1OC(CO)C(O)C(OS(=O)(=O)O)C1O. The quantitative estimate of drug-likeness (QED) is 0.0197. The van der Waals surface area contributed by atoms with Gasteiger partial charge in [-0.25, -0.2) is 4.18 Å². The van der Waals surface area contributed by atoms with Crippen LogP contribution < -0.4 is 0 Å². The van der Waals surface area contributed by atoms with Crippen molar-refractivity contribution >= 4 is 16.4 Å². The molecule has 1 rings (SSSR count). The zero-order valence-electron chi connectivity index (χ0n) is 43.6. The van der Waals surface area contributed by atoms with Crippen molar-refractivity contribution in [3.8, 4) is 0 Å². The second-order valence-electron chi connectivity index (χ2n) is 18.4. The molecule has 6 unspecified atom stereocenters. The smallest absolute Gasteiger partial charge is 0.397 e. The number of unbranched alkanes of at least 4 members (excludes halogenated alkanes) is 20. The Kier molecular flexibility index (Phi) is 44.1. The molecule has 0 spiro atoms. The van der Waals surface area contributed by atoms with Gasteiger partial charge in [0.05, 0.1) is 19.8 Å². The van der Waals surface area contributed by atoms with Crippen molar-refractivity contribution in [1.82, 2.24) is 0 Å². The number of hydrogen-bond donors (Lipinski definition) is 4. The molecular weight excluding hydrogens is 909 g/mol. The van der Waals surface area contributed by atoms with Gasteiger partial charge in [-0.3, -0.25) is 9.35 Å². The second kappa shape index (κ2) is 47.3. The first-order chi connectivity index (χ1) is 34.1. The molecule has 1 fully saturated rings. The molecule has 0 aromatic rings. The Bertz CT molecular complexity index is 1540. The van der Waals surface area contributed by atoms with Gasteiger partial charge >= 0.3 is 16.4 Å². The molecule has 6 atom stereocenters. The number of carbonyl (C=O) groups excluding carboxylic acids is 1. The maximum absolute atomic E-state index is 12.9. The Morgan fingerprint density at radius 2 is 0.986 bits per heavy atom. The Balaban J connectivity index is 2.37. The van der Waals surface area contributed by atoms with Gasteiger partial charge < -0.3 is 34.3 Å². The minimum Gasteiger partial charge on any atom is -0.457 e. The molecule has 1 heterocycles. The average molecular weight is 1010 g/mol. The molecule has 1 aliphatic rings. The Morgan fingerprint density at radius 1 is 0.557 bits per heavy atom. The number of carbonyl (C=O) groups is 1. The number of esters is 1. The zero-order chi connectivity index (χ0) is 51.0. The lowest BCUT2D eigenvalue weighted by Gasteiger charge is -2.41. The van der Waals surface area contributed by atoms with E-state index in [1.54, 1.807) is 0 Å². The lowest BCUT2D eigenvalue weighted by atomic mass is 9.99. The van der Waals surface area contributed by atoms with Gasteiger partial charge in [-0.2, -0.15) is 8.42 Å². The van der Waals surface area contributed by atoms with E-state index in [2.05, 4.69) is 103 Å². The predicted octanol–water partition coefficient (Wildman–Crippen LogP) is 13.2. The molecule has 0 amide bonds. The topological polar surface area (TPSA) is 178 Å². The summed E-state index contributed by atoms with van der Waals surface area (Å²) in [5.41, 5.74) is 0. The number of rotatable bonds is 47. The van der Waals surface area contributed by atoms with E-state index in [0.717, 1.165) is 83.5 Å². The van der Waals surface area contributed by atoms with Gasteiger partial charge in [0.25, 0.3) is 0 Å². The van der Waals surface area contributed by atoms with E-state index in [1.807, 2.05) is 0 Å². The molecule has 4 N–H and O–H groups in total. The van der Waals surface area contributed by atoms with Crippen molar-refractivity contribution in [2.45, 2.75) is 243 Å². The minimum atomic E-state index is -5.07. The van der Waals surface area contributed by atoms with Gasteiger partial charge in [0.1, 0.15) is 30.5 Å². The zero-order valence-corrected chi connectivity index (χ0v) is 44.4. The molecule has 0 saturated carbocycles. The van der Waals surface area contributed by atoms with Crippen LogP contribution in [0.4, 0.5) is 0 Å². The lowest BCUT2D eigenvalue weighted by Crippen LogP contribution is -2.60. The molecule has 1 saturated heterocycles. The average Bonchev–Trinajstić information content (AvgIpc) is 3.34. The summed E-state index contributed by atoms with van der Waals surface area (Å²) in [5, 5.41) is 30.8. The van der Waals surface area contributed by atoms with E-state index in [1.165, 1.54) is 96.3 Å². The molecule has 0 aromatic carbocycles. The van der Waals surface area contributed by atoms with Crippen molar-refractivity contribution < 1.29 is 56.2 Å². The van der Waals surface area contributed by atoms with Gasteiger partial charge in [0.15, 0.2) is 6.29 Å². The highest BCUT2D eigenvalue weighted by molar-refractivity contribution is 7.80. The Morgan fingerprint density at radius 3 is 1.43 bits per heavy atom. The monoisotopic (exact) mass is 1010 g/mol. The van der Waals surface area contributed by atoms with Gasteiger partial charge in [-0.1, -0.05) is 214 Å². The Labute approximate surface area is 425 Å². The van der Waals surface area contributed by atoms with Gasteiger partial charge in [-0.05, 0) is 70.6 Å². The van der Waals surface area contributed by atoms with Crippen molar-refractivity contribution in [3.63, 3.8) is 0 Å². The highest BCUT2D eigenvalue weighted by Crippen LogP contribution is 2.26. The van der Waals surface area contributed by atoms with Crippen LogP contribution in [0.2, 0.25) is 0 Å². The number of aliphatic hydroxyl groups is 3. The van der Waals surface area contributed by atoms with Crippen LogP contribution in [0.25, 0.3) is 0 Å². The van der Waals surface area contributed by atoms with Crippen molar-refractivity contribution in [1.29, 1.82) is 0 Å². The summed E-state index contributed by atoms with van der Waals surface area (Å²) in [6.45, 7) is 3.85. The van der Waals surface area contributed by atoms with E-state index in [4.69, 9.17) is 18.9 Å². The van der Waals surface area contributed by atoms with Crippen LogP contribution in [0.5, 0.6) is 0 Å². The summed E-state index contributed by atoms with van der Waals surface area (Å²) in [6, 6.07) is 0. The number of allylic oxidation sites excluding steroid dienone is 14. The highest BCUT2D eigenvalue weighted by atomic mass is 32.3. The summed E-state index contributed by atoms with van der Waals surface area (Å²) in [7, 11) is -5.07. The molecule has 404 valence electrons. The van der Waals surface area contributed by atoms with Gasteiger partial charge in [0.2, 0.25) is 0 Å². The number of ether oxygens (including phenoxy) is 4. The van der Waals surface area contributed by atoms with E-state index in [9.17, 15) is 33.1 Å². The molecule has 0 bridgehead atoms. The first-order valence-corrected chi connectivity index (χ1v) is 28.7. The second-order valence-corrected chi connectivity index (χ2v) is 19.5. The molecular formula is C57H98O12S. The van der Waals surface area contributed by atoms with Crippen molar-refractivity contribution in [2.75, 3.05) is 26.4 Å². The van der Waals surface area contributed by atoms with Crippen molar-refractivity contribution in [2.24, 2.45) is 0 Å². The fourth-order valence-electron chi connectivity index (χ4n) is 7.95. The molecule has 12 nitrogen and oxygen atoms in total. The largest absolute Gasteiger partial charge is 0.457 e. The lowest BCUT2D eigenvalue weighted by molar-refractivity contribution is -0.301. The molecule has 1 aliphatic heterocycles. The van der Waals surface area contributed by atoms with Crippen LogP contribution >= 0.6 is 0 Å². The summed E-state index contributed by atoms with van der Waals surface area (Å²) < 4.78 is 59.3. The molecule has 0 radical (unpaired) electrons. The summed E-state index contributed by atoms with van der Waals surface area (Å²) >= 11 is 0. The predicted molar refractivity (Wildman–Crippen MR) is 285 cm³/mol. The highest BCUT2D eigenvalue weighted by Gasteiger charge is 2.48. The van der Waals surface area contributed by atoms with Gasteiger partial charge in [0, 0.05) is 13.0 Å². The number of aliphatic hydroxyl groups excluding tert-OH is 3. The van der Waals surface area contributed by atoms with Crippen LogP contribution in [-0.2, 0) is 38.3 Å². The van der Waals surface area contributed by atoms with Gasteiger partial charge in [-0.15, -0.1) is 0 Å². The third kappa shape index (κ3) is 39.8. The van der Waals surface area contributed by atoms with Crippen LogP contribution in [0.15, 0.2) is 85.1 Å². The van der Waals surface area contributed by atoms with E-state index in [-0.39, 0.29) is 19.6 Å². The summed E-state index contributed by atoms with van der Waals surface area (Å²) in [5.74, 6) is -0.431. The fourth-order valence-corrected chi connectivity index (χ4v) is 8.46. The normalized spacial score (nSPS) is 19.8. The first kappa shape index (κ1) is 65.3. The third-order valence-electron chi connectivity index (χ3n) is 12.0. The van der Waals surface area contributed by atoms with E-state index in [0.29, 0.717) is 13.0 Å². The van der Waals surface area contributed by atoms with Crippen LogP contribution in [0.1, 0.15) is 206 Å². The fraction of sp³-hybridized carbons (Fsp3) is 0.737. The first-order valence-electron chi connectivity index (χ1n) is 27.3. The van der Waals surface area contributed by atoms with E-state index >= 15 is 0 Å². The summed E-state index contributed by atoms with van der Waals surface area (Å²) in [4.78, 5) is 12.9. The third-order valence-corrected chi connectivity index (χ3v) is 12.5. The maximum Gasteiger partial charge on any atom is 0.397 e. The van der Waals surface area contributed by atoms with Crippen molar-refractivity contribution in [3.05, 3.63) is 85.1 Å². The molecule has 0 aromatic heterocycles. The van der Waals surface area contributed by atoms with Crippen LogP contribution in [0, 0.1) is 0 Å². The standard InChI is InChI=1S/C57H98O12S/c1-3-5-7-9-11-13-15-17-19-21-23-24-25-26-27-28-29-30-32-34-36-38-40-42-44-46-53(59)67-51(50-66-57-55(61)56(69-70(62,63)64)54(60)52(48-58)68-57)49-65-47-45-43-41-39-37-35-33-31-22-20-18-16-14-12-10-8-6-4-2/h5,7,11,13,17,19,23-24,26-27,29-30,34,36,51-52,54-58,60-61H,3-4,6,8-10,12,14-16,18,20-22,25,28,31-33,35,37-50H2,1-2H3,(H,62,63,64)/b7-5-,13-11-,19-17-,24-23-,27-26-,30-29-,36-34-. The van der Waals surface area contributed by atoms with Crippen LogP contribution in [-0.4, -0.2) is 97.5 Å².